The van der Waals surface area contributed by atoms with Gasteiger partial charge in [0.1, 0.15) is 0 Å². The number of para-hydroxylation sites is 1. The number of rotatable bonds is 1. The lowest BCUT2D eigenvalue weighted by Gasteiger charge is -2.27. The number of carbonyl (C=O) groups is 2. The van der Waals surface area contributed by atoms with Gasteiger partial charge in [-0.1, -0.05) is 24.3 Å². The maximum atomic E-state index is 13.0. The van der Waals surface area contributed by atoms with Gasteiger partial charge in [0.05, 0.1) is 22.5 Å². The summed E-state index contributed by atoms with van der Waals surface area (Å²) in [6.45, 7) is 3.91. The van der Waals surface area contributed by atoms with Crippen LogP contribution in [0.3, 0.4) is 0 Å². The molecule has 2 heterocycles. The Labute approximate surface area is 134 Å². The number of hydrogen-bond donors (Lipinski definition) is 0. The number of imide groups is 1. The Bertz CT molecular complexity index is 871. The number of anilines is 1. The lowest BCUT2D eigenvalue weighted by Crippen LogP contribution is -2.35. The molecule has 2 atom stereocenters. The van der Waals surface area contributed by atoms with E-state index >= 15 is 0 Å². The van der Waals surface area contributed by atoms with E-state index in [-0.39, 0.29) is 17.7 Å². The van der Waals surface area contributed by atoms with Crippen molar-refractivity contribution in [2.45, 2.75) is 26.7 Å². The van der Waals surface area contributed by atoms with E-state index in [9.17, 15) is 9.59 Å². The van der Waals surface area contributed by atoms with Crippen LogP contribution in [0.25, 0.3) is 10.9 Å². The fourth-order valence-electron chi connectivity index (χ4n) is 3.79. The van der Waals surface area contributed by atoms with E-state index in [4.69, 9.17) is 0 Å². The molecule has 2 amide bonds. The molecule has 0 saturated carbocycles. The highest BCUT2D eigenvalue weighted by Gasteiger charge is 2.56. The SMILES string of the molecule is Cc1ccnc2c(N3C(=O)C4CC=CCC4(C)C3=O)cccc12. The van der Waals surface area contributed by atoms with E-state index in [1.165, 1.54) is 4.90 Å². The van der Waals surface area contributed by atoms with Crippen molar-refractivity contribution in [1.82, 2.24) is 4.98 Å². The quantitative estimate of drug-likeness (QED) is 0.599. The molecule has 4 nitrogen and oxygen atoms in total. The molecule has 2 unspecified atom stereocenters. The molecule has 2 aromatic rings. The number of allylic oxidation sites excluding steroid dienone is 2. The zero-order valence-corrected chi connectivity index (χ0v) is 13.2. The molecule has 1 aliphatic heterocycles. The van der Waals surface area contributed by atoms with Gasteiger partial charge < -0.3 is 0 Å². The minimum Gasteiger partial charge on any atom is -0.274 e. The van der Waals surface area contributed by atoms with Crippen LogP contribution in [0.1, 0.15) is 25.3 Å². The van der Waals surface area contributed by atoms with Gasteiger partial charge in [-0.2, -0.15) is 0 Å². The Morgan fingerprint density at radius 3 is 2.83 bits per heavy atom. The van der Waals surface area contributed by atoms with Gasteiger partial charge in [0, 0.05) is 11.6 Å². The number of nitrogens with zero attached hydrogens (tertiary/aromatic N) is 2. The van der Waals surface area contributed by atoms with Crippen LogP contribution in [0.5, 0.6) is 0 Å². The summed E-state index contributed by atoms with van der Waals surface area (Å²) in [7, 11) is 0. The van der Waals surface area contributed by atoms with Gasteiger partial charge in [-0.05, 0) is 44.4 Å². The summed E-state index contributed by atoms with van der Waals surface area (Å²) in [5.74, 6) is -0.467. The Balaban J connectivity index is 1.91. The molecule has 1 aromatic heterocycles. The van der Waals surface area contributed by atoms with Crippen LogP contribution in [0, 0.1) is 18.3 Å². The smallest absolute Gasteiger partial charge is 0.240 e. The third kappa shape index (κ3) is 1.81. The molecule has 1 fully saturated rings. The average molecular weight is 306 g/mol. The van der Waals surface area contributed by atoms with E-state index in [0.29, 0.717) is 24.0 Å². The second-order valence-corrected chi connectivity index (χ2v) is 6.66. The number of aromatic nitrogens is 1. The number of fused-ring (bicyclic) bond motifs is 2. The van der Waals surface area contributed by atoms with Crippen LogP contribution in [-0.4, -0.2) is 16.8 Å². The van der Waals surface area contributed by atoms with Crippen molar-refractivity contribution in [3.63, 3.8) is 0 Å². The molecule has 0 radical (unpaired) electrons. The first-order valence-electron chi connectivity index (χ1n) is 7.92. The Hall–Kier alpha value is -2.49. The largest absolute Gasteiger partial charge is 0.274 e. The molecule has 0 bridgehead atoms. The van der Waals surface area contributed by atoms with E-state index in [1.54, 1.807) is 6.20 Å². The second kappa shape index (κ2) is 4.75. The van der Waals surface area contributed by atoms with Crippen LogP contribution < -0.4 is 4.90 Å². The van der Waals surface area contributed by atoms with Gasteiger partial charge in [-0.25, -0.2) is 4.90 Å². The van der Waals surface area contributed by atoms with E-state index in [2.05, 4.69) is 4.98 Å². The van der Waals surface area contributed by atoms with Gasteiger partial charge in [0.25, 0.3) is 0 Å². The van der Waals surface area contributed by atoms with E-state index < -0.39 is 5.41 Å². The molecule has 23 heavy (non-hydrogen) atoms. The van der Waals surface area contributed by atoms with Crippen LogP contribution in [0.15, 0.2) is 42.6 Å². The molecule has 0 N–H and O–H groups in total. The molecule has 2 aliphatic rings. The maximum Gasteiger partial charge on any atom is 0.240 e. The number of pyridine rings is 1. The highest BCUT2D eigenvalue weighted by Crippen LogP contribution is 2.47. The first-order chi connectivity index (χ1) is 11.0. The summed E-state index contributed by atoms with van der Waals surface area (Å²) in [4.78, 5) is 31.8. The van der Waals surface area contributed by atoms with Crippen molar-refractivity contribution in [3.8, 4) is 0 Å². The fourth-order valence-corrected chi connectivity index (χ4v) is 3.79. The Morgan fingerprint density at radius 2 is 2.04 bits per heavy atom. The number of benzene rings is 1. The van der Waals surface area contributed by atoms with E-state index in [1.807, 2.05) is 50.3 Å². The normalized spacial score (nSPS) is 26.9. The molecule has 4 heteroatoms. The highest BCUT2D eigenvalue weighted by atomic mass is 16.2. The lowest BCUT2D eigenvalue weighted by molar-refractivity contribution is -0.126. The second-order valence-electron chi connectivity index (χ2n) is 6.66. The number of amides is 2. The number of carbonyl (C=O) groups excluding carboxylic acids is 2. The van der Waals surface area contributed by atoms with Crippen molar-refractivity contribution in [2.75, 3.05) is 4.90 Å². The molecular weight excluding hydrogens is 288 g/mol. The molecular formula is C19H18N2O2. The standard InChI is InChI=1S/C19H18N2O2/c1-12-9-11-20-16-13(12)6-5-8-15(16)21-17(22)14-7-3-4-10-19(14,2)18(21)23/h3-6,8-9,11,14H,7,10H2,1-2H3. The minimum absolute atomic E-state index is 0.0994. The summed E-state index contributed by atoms with van der Waals surface area (Å²) >= 11 is 0. The summed E-state index contributed by atoms with van der Waals surface area (Å²) in [6.07, 6.45) is 7.00. The average Bonchev–Trinajstić information content (AvgIpc) is 2.75. The van der Waals surface area contributed by atoms with Crippen molar-refractivity contribution in [3.05, 3.63) is 48.2 Å². The van der Waals surface area contributed by atoms with Gasteiger partial charge in [0.15, 0.2) is 0 Å². The summed E-state index contributed by atoms with van der Waals surface area (Å²) in [6, 6.07) is 7.61. The van der Waals surface area contributed by atoms with Crippen molar-refractivity contribution in [2.24, 2.45) is 11.3 Å². The Morgan fingerprint density at radius 1 is 1.22 bits per heavy atom. The first-order valence-corrected chi connectivity index (χ1v) is 7.92. The highest BCUT2D eigenvalue weighted by molar-refractivity contribution is 6.26. The van der Waals surface area contributed by atoms with Crippen LogP contribution in [0.2, 0.25) is 0 Å². The van der Waals surface area contributed by atoms with Crippen LogP contribution >= 0.6 is 0 Å². The van der Waals surface area contributed by atoms with Crippen molar-refractivity contribution in [1.29, 1.82) is 0 Å². The summed E-state index contributed by atoms with van der Waals surface area (Å²) < 4.78 is 0. The first kappa shape index (κ1) is 14.1. The minimum atomic E-state index is -0.627. The van der Waals surface area contributed by atoms with Gasteiger partial charge in [0.2, 0.25) is 11.8 Å². The summed E-state index contributed by atoms with van der Waals surface area (Å²) in [5.41, 5.74) is 1.78. The zero-order valence-electron chi connectivity index (χ0n) is 13.2. The molecule has 0 spiro atoms. The van der Waals surface area contributed by atoms with Gasteiger partial charge in [-0.15, -0.1) is 0 Å². The van der Waals surface area contributed by atoms with Crippen LogP contribution in [0.4, 0.5) is 5.69 Å². The number of aryl methyl sites for hydroxylation is 1. The predicted molar refractivity (Wildman–Crippen MR) is 88.9 cm³/mol. The van der Waals surface area contributed by atoms with Gasteiger partial charge in [-0.3, -0.25) is 14.6 Å². The van der Waals surface area contributed by atoms with Crippen molar-refractivity contribution >= 4 is 28.4 Å². The van der Waals surface area contributed by atoms with Gasteiger partial charge >= 0.3 is 0 Å². The third-order valence-electron chi connectivity index (χ3n) is 5.27. The monoisotopic (exact) mass is 306 g/mol. The molecule has 1 saturated heterocycles. The summed E-state index contributed by atoms with van der Waals surface area (Å²) in [5, 5.41) is 0.976. The Kier molecular flexibility index (Phi) is 2.92. The zero-order chi connectivity index (χ0) is 16.2. The molecule has 1 aliphatic carbocycles. The van der Waals surface area contributed by atoms with Crippen LogP contribution in [-0.2, 0) is 9.59 Å². The molecule has 4 rings (SSSR count). The van der Waals surface area contributed by atoms with E-state index in [0.717, 1.165) is 10.9 Å². The number of hydrogen-bond acceptors (Lipinski definition) is 3. The topological polar surface area (TPSA) is 50.3 Å². The third-order valence-corrected chi connectivity index (χ3v) is 5.27. The van der Waals surface area contributed by atoms with Crippen molar-refractivity contribution < 1.29 is 9.59 Å². The molecule has 116 valence electrons. The predicted octanol–water partition coefficient (Wildman–Crippen LogP) is 3.39. The maximum absolute atomic E-state index is 13.0. The molecule has 1 aromatic carbocycles. The lowest BCUT2D eigenvalue weighted by atomic mass is 9.72. The fraction of sp³-hybridized carbons (Fsp3) is 0.316.